The van der Waals surface area contributed by atoms with Crippen LogP contribution in [-0.4, -0.2) is 60.4 Å². The topological polar surface area (TPSA) is 96.3 Å². The van der Waals surface area contributed by atoms with Gasteiger partial charge in [0.1, 0.15) is 5.82 Å². The number of carbonyl (C=O) groups is 1. The Morgan fingerprint density at radius 1 is 1.38 bits per heavy atom. The largest absolute Gasteiger partial charge is 0.310 e. The molecule has 1 aliphatic heterocycles. The van der Waals surface area contributed by atoms with Gasteiger partial charge in [-0.15, -0.1) is 0 Å². The Kier molecular flexibility index (Phi) is 6.00. The summed E-state index contributed by atoms with van der Waals surface area (Å²) in [7, 11) is -3.24. The molecule has 0 aromatic carbocycles. The number of aromatic nitrogens is 2. The molecule has 0 spiro atoms. The van der Waals surface area contributed by atoms with E-state index in [0.29, 0.717) is 12.4 Å². The standard InChI is InChI=1S/C15H27N5O3S/c1-11(2)20-14(7-8-16-20)17-15(21)12(3)19-9-5-6-13(10-19)18-24(4,22)23/h7-8,11-13,18H,5-6,9-10H2,1-4H3,(H,17,21)/t12-,13+/m0/s1. The SMILES string of the molecule is CC(C)n1nccc1NC(=O)[C@H](C)N1CCC[C@@H](NS(C)(=O)=O)C1. The first-order valence-corrected chi connectivity index (χ1v) is 10.1. The van der Waals surface area contributed by atoms with Gasteiger partial charge in [-0.1, -0.05) is 0 Å². The lowest BCUT2D eigenvalue weighted by atomic mass is 10.0. The summed E-state index contributed by atoms with van der Waals surface area (Å²) < 4.78 is 27.2. The van der Waals surface area contributed by atoms with Gasteiger partial charge in [0.2, 0.25) is 15.9 Å². The van der Waals surface area contributed by atoms with Crippen molar-refractivity contribution in [2.24, 2.45) is 0 Å². The predicted molar refractivity (Wildman–Crippen MR) is 93.3 cm³/mol. The first-order chi connectivity index (χ1) is 11.2. The first kappa shape index (κ1) is 18.9. The summed E-state index contributed by atoms with van der Waals surface area (Å²) >= 11 is 0. The Bertz CT molecular complexity index is 670. The minimum Gasteiger partial charge on any atom is -0.310 e. The van der Waals surface area contributed by atoms with Crippen LogP contribution < -0.4 is 10.0 Å². The lowest BCUT2D eigenvalue weighted by Gasteiger charge is -2.36. The molecule has 8 nitrogen and oxygen atoms in total. The second-order valence-electron chi connectivity index (χ2n) is 6.64. The third-order valence-corrected chi connectivity index (χ3v) is 4.93. The van der Waals surface area contributed by atoms with Crippen LogP contribution in [0.3, 0.4) is 0 Å². The molecule has 1 amide bonds. The van der Waals surface area contributed by atoms with E-state index in [0.717, 1.165) is 25.6 Å². The van der Waals surface area contributed by atoms with Crippen molar-refractivity contribution in [3.63, 3.8) is 0 Å². The summed E-state index contributed by atoms with van der Waals surface area (Å²) in [4.78, 5) is 14.6. The van der Waals surface area contributed by atoms with Crippen LogP contribution in [0.2, 0.25) is 0 Å². The predicted octanol–water partition coefficient (Wildman–Crippen LogP) is 0.805. The van der Waals surface area contributed by atoms with Crippen molar-refractivity contribution < 1.29 is 13.2 Å². The van der Waals surface area contributed by atoms with Crippen LogP contribution in [-0.2, 0) is 14.8 Å². The fourth-order valence-electron chi connectivity index (χ4n) is 2.98. The molecule has 0 saturated carbocycles. The van der Waals surface area contributed by atoms with Gasteiger partial charge >= 0.3 is 0 Å². The summed E-state index contributed by atoms with van der Waals surface area (Å²) in [6.07, 6.45) is 4.47. The highest BCUT2D eigenvalue weighted by Gasteiger charge is 2.29. The maximum atomic E-state index is 12.5. The minimum absolute atomic E-state index is 0.114. The average molecular weight is 357 g/mol. The Morgan fingerprint density at radius 2 is 2.08 bits per heavy atom. The van der Waals surface area contributed by atoms with Gasteiger partial charge in [0, 0.05) is 24.7 Å². The number of likely N-dealkylation sites (tertiary alicyclic amines) is 1. The molecule has 0 radical (unpaired) electrons. The minimum atomic E-state index is -3.24. The average Bonchev–Trinajstić information content (AvgIpc) is 2.93. The van der Waals surface area contributed by atoms with E-state index in [9.17, 15) is 13.2 Å². The Hall–Kier alpha value is -1.45. The molecule has 24 heavy (non-hydrogen) atoms. The van der Waals surface area contributed by atoms with Crippen LogP contribution in [0.15, 0.2) is 12.3 Å². The van der Waals surface area contributed by atoms with Gasteiger partial charge in [-0.3, -0.25) is 9.69 Å². The molecule has 1 aromatic heterocycles. The molecule has 9 heteroatoms. The third kappa shape index (κ3) is 5.02. The van der Waals surface area contributed by atoms with Gasteiger partial charge < -0.3 is 5.32 Å². The highest BCUT2D eigenvalue weighted by Crippen LogP contribution is 2.17. The maximum absolute atomic E-state index is 12.5. The van der Waals surface area contributed by atoms with E-state index >= 15 is 0 Å². The van der Waals surface area contributed by atoms with Crippen molar-refractivity contribution in [3.05, 3.63) is 12.3 Å². The highest BCUT2D eigenvalue weighted by atomic mass is 32.2. The lowest BCUT2D eigenvalue weighted by molar-refractivity contribution is -0.121. The van der Waals surface area contributed by atoms with Gasteiger partial charge in [-0.2, -0.15) is 5.10 Å². The summed E-state index contributed by atoms with van der Waals surface area (Å²) in [5.74, 6) is 0.557. The maximum Gasteiger partial charge on any atom is 0.242 e. The second-order valence-corrected chi connectivity index (χ2v) is 8.42. The van der Waals surface area contributed by atoms with Crippen molar-refractivity contribution >= 4 is 21.7 Å². The zero-order valence-corrected chi connectivity index (χ0v) is 15.5. The van der Waals surface area contributed by atoms with Crippen LogP contribution in [0, 0.1) is 0 Å². The molecule has 1 saturated heterocycles. The number of nitrogens with zero attached hydrogens (tertiary/aromatic N) is 3. The number of carbonyl (C=O) groups excluding carboxylic acids is 1. The number of anilines is 1. The second kappa shape index (κ2) is 7.62. The van der Waals surface area contributed by atoms with Gasteiger partial charge in [0.25, 0.3) is 0 Å². The van der Waals surface area contributed by atoms with E-state index in [1.54, 1.807) is 16.9 Å². The number of piperidine rings is 1. The zero-order valence-electron chi connectivity index (χ0n) is 14.7. The molecule has 2 rings (SSSR count). The molecule has 0 bridgehead atoms. The summed E-state index contributed by atoms with van der Waals surface area (Å²) in [6.45, 7) is 7.15. The molecule has 1 aliphatic rings. The van der Waals surface area contributed by atoms with Gasteiger partial charge in [-0.05, 0) is 40.2 Å². The Labute approximate surface area is 143 Å². The van der Waals surface area contributed by atoms with Crippen molar-refractivity contribution in [2.75, 3.05) is 24.7 Å². The van der Waals surface area contributed by atoms with Gasteiger partial charge in [0.05, 0.1) is 18.5 Å². The van der Waals surface area contributed by atoms with E-state index < -0.39 is 10.0 Å². The first-order valence-electron chi connectivity index (χ1n) is 8.23. The molecular weight excluding hydrogens is 330 g/mol. The van der Waals surface area contributed by atoms with Crippen LogP contribution in [0.25, 0.3) is 0 Å². The summed E-state index contributed by atoms with van der Waals surface area (Å²) in [6, 6.07) is 1.44. The van der Waals surface area contributed by atoms with Crippen molar-refractivity contribution in [1.29, 1.82) is 0 Å². The number of hydrogen-bond acceptors (Lipinski definition) is 5. The number of nitrogens with one attached hydrogen (secondary N) is 2. The van der Waals surface area contributed by atoms with Crippen molar-refractivity contribution in [3.8, 4) is 0 Å². The quantitative estimate of drug-likeness (QED) is 0.785. The molecule has 0 unspecified atom stereocenters. The number of sulfonamides is 1. The Balaban J connectivity index is 1.98. The van der Waals surface area contributed by atoms with E-state index in [1.807, 2.05) is 25.7 Å². The summed E-state index contributed by atoms with van der Waals surface area (Å²) in [5.41, 5.74) is 0. The van der Waals surface area contributed by atoms with Gasteiger partial charge in [0.15, 0.2) is 0 Å². The van der Waals surface area contributed by atoms with Gasteiger partial charge in [-0.25, -0.2) is 17.8 Å². The zero-order chi connectivity index (χ0) is 17.9. The fraction of sp³-hybridized carbons (Fsp3) is 0.733. The molecule has 136 valence electrons. The fourth-order valence-corrected chi connectivity index (χ4v) is 3.78. The van der Waals surface area contributed by atoms with E-state index in [4.69, 9.17) is 0 Å². The lowest BCUT2D eigenvalue weighted by Crippen LogP contribution is -2.53. The van der Waals surface area contributed by atoms with E-state index in [1.165, 1.54) is 0 Å². The molecule has 1 fully saturated rings. The molecule has 2 N–H and O–H groups in total. The van der Waals surface area contributed by atoms with Crippen molar-refractivity contribution in [1.82, 2.24) is 19.4 Å². The summed E-state index contributed by atoms with van der Waals surface area (Å²) in [5, 5.41) is 7.12. The third-order valence-electron chi connectivity index (χ3n) is 4.17. The highest BCUT2D eigenvalue weighted by molar-refractivity contribution is 7.88. The molecular formula is C15H27N5O3S. The van der Waals surface area contributed by atoms with E-state index in [2.05, 4.69) is 15.1 Å². The number of rotatable bonds is 6. The monoisotopic (exact) mass is 357 g/mol. The smallest absolute Gasteiger partial charge is 0.242 e. The number of amides is 1. The van der Waals surface area contributed by atoms with Crippen LogP contribution in [0.4, 0.5) is 5.82 Å². The molecule has 2 atom stereocenters. The van der Waals surface area contributed by atoms with Crippen molar-refractivity contribution in [2.45, 2.75) is 51.7 Å². The molecule has 2 heterocycles. The normalized spacial score (nSPS) is 21.0. The number of hydrogen-bond donors (Lipinski definition) is 2. The molecule has 1 aromatic rings. The van der Waals surface area contributed by atoms with Crippen LogP contribution >= 0.6 is 0 Å². The van der Waals surface area contributed by atoms with Crippen LogP contribution in [0.1, 0.15) is 39.7 Å². The van der Waals surface area contributed by atoms with E-state index in [-0.39, 0.29) is 24.0 Å². The molecule has 0 aliphatic carbocycles. The van der Waals surface area contributed by atoms with Crippen LogP contribution in [0.5, 0.6) is 0 Å². The Morgan fingerprint density at radius 3 is 2.71 bits per heavy atom.